The van der Waals surface area contributed by atoms with Gasteiger partial charge in [0, 0.05) is 12.0 Å². The summed E-state index contributed by atoms with van der Waals surface area (Å²) >= 11 is 0. The van der Waals surface area contributed by atoms with Crippen LogP contribution in [0, 0.1) is 0 Å². The van der Waals surface area contributed by atoms with Crippen LogP contribution in [0.2, 0.25) is 0 Å². The fourth-order valence-corrected chi connectivity index (χ4v) is 1.84. The van der Waals surface area contributed by atoms with Gasteiger partial charge in [-0.1, -0.05) is 0 Å². The Hall–Kier alpha value is -1.91. The van der Waals surface area contributed by atoms with Crippen LogP contribution in [0.15, 0.2) is 6.07 Å². The van der Waals surface area contributed by atoms with E-state index in [0.29, 0.717) is 23.0 Å². The van der Waals surface area contributed by atoms with E-state index in [2.05, 4.69) is 0 Å². The number of hydrogen-bond acceptors (Lipinski definition) is 5. The Kier molecular flexibility index (Phi) is 3.08. The van der Waals surface area contributed by atoms with Crippen molar-refractivity contribution in [1.82, 2.24) is 0 Å². The second kappa shape index (κ2) is 4.53. The second-order valence-corrected chi connectivity index (χ2v) is 3.71. The third-order valence-electron chi connectivity index (χ3n) is 2.50. The zero-order valence-electron chi connectivity index (χ0n) is 10.0. The quantitative estimate of drug-likeness (QED) is 0.796. The largest absolute Gasteiger partial charge is 0.493 e. The summed E-state index contributed by atoms with van der Waals surface area (Å²) in [7, 11) is 3.08. The van der Waals surface area contributed by atoms with Gasteiger partial charge in [0.15, 0.2) is 11.5 Å². The Morgan fingerprint density at radius 3 is 2.59 bits per heavy atom. The van der Waals surface area contributed by atoms with Crippen molar-refractivity contribution < 1.29 is 23.7 Å². The van der Waals surface area contributed by atoms with Crippen LogP contribution in [0.25, 0.3) is 0 Å². The maximum atomic E-state index is 11.2. The summed E-state index contributed by atoms with van der Waals surface area (Å²) in [4.78, 5) is 11.2. The minimum atomic E-state index is 0.0456. The lowest BCUT2D eigenvalue weighted by atomic mass is 10.1. The Balaban J connectivity index is 2.55. The van der Waals surface area contributed by atoms with E-state index in [4.69, 9.17) is 18.9 Å². The van der Waals surface area contributed by atoms with Crippen molar-refractivity contribution in [2.45, 2.75) is 13.3 Å². The molecule has 0 N–H and O–H groups in total. The molecule has 2 rings (SSSR count). The molecule has 0 atom stereocenters. The van der Waals surface area contributed by atoms with E-state index in [9.17, 15) is 4.79 Å². The molecular formula is C12H14O5. The summed E-state index contributed by atoms with van der Waals surface area (Å²) in [5.41, 5.74) is 0.737. The molecule has 0 saturated heterocycles. The van der Waals surface area contributed by atoms with Crippen molar-refractivity contribution in [1.29, 1.82) is 0 Å². The summed E-state index contributed by atoms with van der Waals surface area (Å²) < 4.78 is 21.1. The molecule has 0 aliphatic carbocycles. The van der Waals surface area contributed by atoms with Gasteiger partial charge in [0.2, 0.25) is 18.3 Å². The molecule has 0 radical (unpaired) electrons. The highest BCUT2D eigenvalue weighted by Gasteiger charge is 2.27. The number of hydrogen-bond donors (Lipinski definition) is 0. The Morgan fingerprint density at radius 2 is 2.00 bits per heavy atom. The molecule has 92 valence electrons. The molecule has 1 aliphatic rings. The first-order chi connectivity index (χ1) is 8.17. The van der Waals surface area contributed by atoms with Crippen molar-refractivity contribution in [3.05, 3.63) is 11.6 Å². The first-order valence-corrected chi connectivity index (χ1v) is 5.20. The lowest BCUT2D eigenvalue weighted by molar-refractivity contribution is -0.116. The first-order valence-electron chi connectivity index (χ1n) is 5.20. The fraction of sp³-hybridized carbons (Fsp3) is 0.417. The lowest BCUT2D eigenvalue weighted by Crippen LogP contribution is -2.01. The average Bonchev–Trinajstić information content (AvgIpc) is 2.76. The second-order valence-electron chi connectivity index (χ2n) is 3.71. The number of carbonyl (C=O) groups excluding carboxylic acids is 1. The van der Waals surface area contributed by atoms with Gasteiger partial charge in [-0.15, -0.1) is 0 Å². The van der Waals surface area contributed by atoms with Crippen LogP contribution in [-0.2, 0) is 11.2 Å². The van der Waals surface area contributed by atoms with E-state index in [0.717, 1.165) is 5.56 Å². The number of fused-ring (bicyclic) bond motifs is 1. The zero-order valence-corrected chi connectivity index (χ0v) is 10.0. The summed E-state index contributed by atoms with van der Waals surface area (Å²) in [5.74, 6) is 2.16. The van der Waals surface area contributed by atoms with E-state index in [1.807, 2.05) is 0 Å². The number of ether oxygens (including phenoxy) is 4. The molecule has 1 aromatic carbocycles. The fourth-order valence-electron chi connectivity index (χ4n) is 1.84. The predicted molar refractivity (Wildman–Crippen MR) is 60.1 cm³/mol. The highest BCUT2D eigenvalue weighted by Crippen LogP contribution is 2.49. The smallest absolute Gasteiger partial charge is 0.231 e. The van der Waals surface area contributed by atoms with E-state index < -0.39 is 0 Å². The van der Waals surface area contributed by atoms with E-state index in [1.165, 1.54) is 14.0 Å². The van der Waals surface area contributed by atoms with Crippen molar-refractivity contribution in [3.8, 4) is 23.0 Å². The van der Waals surface area contributed by atoms with Gasteiger partial charge in [0.1, 0.15) is 5.78 Å². The summed E-state index contributed by atoms with van der Waals surface area (Å²) in [6.07, 6.45) is 0.274. The Labute approximate surface area is 99.2 Å². The van der Waals surface area contributed by atoms with Crippen molar-refractivity contribution in [3.63, 3.8) is 0 Å². The van der Waals surface area contributed by atoms with Crippen LogP contribution in [0.5, 0.6) is 23.0 Å². The monoisotopic (exact) mass is 238 g/mol. The van der Waals surface area contributed by atoms with Crippen molar-refractivity contribution in [2.24, 2.45) is 0 Å². The number of benzene rings is 1. The molecule has 5 nitrogen and oxygen atoms in total. The molecule has 1 heterocycles. The SMILES string of the molecule is COc1cc(CC(C)=O)c(OC)c2c1OCO2. The molecule has 17 heavy (non-hydrogen) atoms. The van der Waals surface area contributed by atoms with Crippen LogP contribution in [0.1, 0.15) is 12.5 Å². The minimum Gasteiger partial charge on any atom is -0.493 e. The molecule has 0 amide bonds. The van der Waals surface area contributed by atoms with Gasteiger partial charge in [-0.05, 0) is 13.0 Å². The average molecular weight is 238 g/mol. The van der Waals surface area contributed by atoms with E-state index in [1.54, 1.807) is 13.2 Å². The van der Waals surface area contributed by atoms with Crippen molar-refractivity contribution in [2.75, 3.05) is 21.0 Å². The van der Waals surface area contributed by atoms with Gasteiger partial charge in [-0.2, -0.15) is 0 Å². The van der Waals surface area contributed by atoms with Crippen LogP contribution < -0.4 is 18.9 Å². The molecule has 0 bridgehead atoms. The van der Waals surface area contributed by atoms with Gasteiger partial charge < -0.3 is 18.9 Å². The molecular weight excluding hydrogens is 224 g/mol. The van der Waals surface area contributed by atoms with Crippen LogP contribution in [-0.4, -0.2) is 26.8 Å². The summed E-state index contributed by atoms with van der Waals surface area (Å²) in [6, 6.07) is 1.74. The predicted octanol–water partition coefficient (Wildman–Crippen LogP) is 1.56. The Bertz CT molecular complexity index is 453. The normalized spacial score (nSPS) is 12.4. The van der Waals surface area contributed by atoms with Gasteiger partial charge in [-0.3, -0.25) is 4.79 Å². The van der Waals surface area contributed by atoms with Crippen LogP contribution >= 0.6 is 0 Å². The van der Waals surface area contributed by atoms with Gasteiger partial charge in [0.05, 0.1) is 14.2 Å². The topological polar surface area (TPSA) is 54.0 Å². The van der Waals surface area contributed by atoms with Crippen LogP contribution in [0.4, 0.5) is 0 Å². The number of rotatable bonds is 4. The summed E-state index contributed by atoms with van der Waals surface area (Å²) in [5, 5.41) is 0. The molecule has 0 fully saturated rings. The highest BCUT2D eigenvalue weighted by molar-refractivity contribution is 5.80. The van der Waals surface area contributed by atoms with Gasteiger partial charge >= 0.3 is 0 Å². The molecule has 1 aliphatic heterocycles. The third kappa shape index (κ3) is 2.00. The van der Waals surface area contributed by atoms with Gasteiger partial charge in [0.25, 0.3) is 0 Å². The third-order valence-corrected chi connectivity index (χ3v) is 2.50. The lowest BCUT2D eigenvalue weighted by Gasteiger charge is -2.12. The van der Waals surface area contributed by atoms with E-state index >= 15 is 0 Å². The summed E-state index contributed by atoms with van der Waals surface area (Å²) in [6.45, 7) is 1.65. The number of ketones is 1. The molecule has 5 heteroatoms. The number of carbonyl (C=O) groups is 1. The first kappa shape index (κ1) is 11.6. The van der Waals surface area contributed by atoms with Crippen molar-refractivity contribution >= 4 is 5.78 Å². The minimum absolute atomic E-state index is 0.0456. The zero-order chi connectivity index (χ0) is 12.4. The van der Waals surface area contributed by atoms with E-state index in [-0.39, 0.29) is 19.0 Å². The maximum Gasteiger partial charge on any atom is 0.231 e. The molecule has 1 aromatic rings. The number of Topliss-reactive ketones (excluding diaryl/α,β-unsaturated/α-hetero) is 1. The van der Waals surface area contributed by atoms with Gasteiger partial charge in [-0.25, -0.2) is 0 Å². The molecule has 0 spiro atoms. The Morgan fingerprint density at radius 1 is 1.29 bits per heavy atom. The molecule has 0 unspecified atom stereocenters. The van der Waals surface area contributed by atoms with Crippen LogP contribution in [0.3, 0.4) is 0 Å². The molecule has 0 aromatic heterocycles. The standard InChI is InChI=1S/C12H14O5/c1-7(13)4-8-5-9(14-2)11-12(10(8)15-3)17-6-16-11/h5H,4,6H2,1-3H3. The maximum absolute atomic E-state index is 11.2. The number of methoxy groups -OCH3 is 2. The highest BCUT2D eigenvalue weighted by atomic mass is 16.7. The molecule has 0 saturated carbocycles.